The summed E-state index contributed by atoms with van der Waals surface area (Å²) < 4.78 is 45.6. The lowest BCUT2D eigenvalue weighted by atomic mass is 9.85. The summed E-state index contributed by atoms with van der Waals surface area (Å²) in [6.07, 6.45) is 7.66. The van der Waals surface area contributed by atoms with Crippen molar-refractivity contribution >= 4 is 50.3 Å². The van der Waals surface area contributed by atoms with Crippen LogP contribution in [0.1, 0.15) is 92.9 Å². The molecule has 3 fully saturated rings. The summed E-state index contributed by atoms with van der Waals surface area (Å²) in [6, 6.07) is 3.59. The molecule has 16 heteroatoms. The first-order valence-corrected chi connectivity index (χ1v) is 21.9. The number of amides is 4. The van der Waals surface area contributed by atoms with Crippen LogP contribution in [-0.2, 0) is 29.1 Å². The van der Waals surface area contributed by atoms with Crippen molar-refractivity contribution in [2.75, 3.05) is 32.6 Å². The molecule has 0 bridgehead atoms. The number of nitrogens with one attached hydrogen (secondary N) is 3. The van der Waals surface area contributed by atoms with Crippen molar-refractivity contribution in [2.24, 2.45) is 17.8 Å². The van der Waals surface area contributed by atoms with Gasteiger partial charge in [0.25, 0.3) is 5.91 Å². The Bertz CT molecular complexity index is 2060. The SMILES string of the molecule is CC[C@@H]1C[C@@H](C)CC/C=C\[C@@H]2C[C@@]2(C(=O)NS(=O)(=O)C2(C)CC2)NC(=O)[C@@H]2C[C@@H](Oc3ncc(OC)c4cc(N(C)C)ccc34)CN2C(=O)[C@H]1NC(=O)OC(C)(C)C. The lowest BCUT2D eigenvalue weighted by Gasteiger charge is -2.34. The smallest absolute Gasteiger partial charge is 0.408 e. The number of rotatable bonds is 9. The first-order chi connectivity index (χ1) is 27.2. The zero-order chi connectivity index (χ0) is 42.4. The Kier molecular flexibility index (Phi) is 12.0. The number of pyridine rings is 1. The number of ether oxygens (including phenoxy) is 3. The number of methoxy groups -OCH3 is 1. The van der Waals surface area contributed by atoms with Crippen LogP contribution in [0.15, 0.2) is 36.5 Å². The molecule has 15 nitrogen and oxygen atoms in total. The van der Waals surface area contributed by atoms with Gasteiger partial charge in [-0.3, -0.25) is 19.1 Å². The molecule has 1 saturated heterocycles. The number of carbonyl (C=O) groups is 4. The number of fused-ring (bicyclic) bond motifs is 3. The van der Waals surface area contributed by atoms with Crippen molar-refractivity contribution in [1.29, 1.82) is 0 Å². The standard InChI is InChI=1S/C42H60N6O9S/c1-10-26-19-25(2)13-11-12-14-27-22-42(27,38(51)46-58(53,54)41(6)17-18-41)45-35(49)32-21-29(24-48(32)37(50)34(26)44-39(52)57-40(3,4)5)56-36-30-16-15-28(47(7)8)20-31(30)33(55-9)23-43-36/h12,14-16,20,23,25-27,29,32,34H,10-11,13,17-19,21-22,24H2,1-9H3,(H,44,52)(H,45,49)(H,46,51)/b14-12-/t25-,26+,27+,29+,32-,34-,42+/m0/s1. The Hall–Kier alpha value is -4.60. The van der Waals surface area contributed by atoms with Crippen LogP contribution >= 0.6 is 0 Å². The summed E-state index contributed by atoms with van der Waals surface area (Å²) in [5, 5.41) is 7.23. The van der Waals surface area contributed by atoms with E-state index >= 15 is 4.79 Å². The minimum Gasteiger partial charge on any atom is -0.494 e. The maximum absolute atomic E-state index is 15.0. The number of carbonyl (C=O) groups excluding carboxylic acids is 4. The normalized spacial score (nSPS) is 29.1. The Morgan fingerprint density at radius 2 is 1.84 bits per heavy atom. The van der Waals surface area contributed by atoms with E-state index in [4.69, 9.17) is 14.2 Å². The molecule has 0 unspecified atom stereocenters. The highest BCUT2D eigenvalue weighted by atomic mass is 32.2. The molecule has 2 aliphatic carbocycles. The van der Waals surface area contributed by atoms with E-state index in [1.54, 1.807) is 41.0 Å². The number of nitrogens with zero attached hydrogens (tertiary/aromatic N) is 3. The molecular formula is C42H60N6O9S. The highest BCUT2D eigenvalue weighted by molar-refractivity contribution is 7.91. The minimum atomic E-state index is -4.01. The second kappa shape index (κ2) is 16.2. The number of hydrogen-bond donors (Lipinski definition) is 3. The van der Waals surface area contributed by atoms with Gasteiger partial charge in [0, 0.05) is 42.9 Å². The molecule has 2 aliphatic heterocycles. The van der Waals surface area contributed by atoms with Crippen LogP contribution in [-0.4, -0.2) is 104 Å². The fraction of sp³-hybridized carbons (Fsp3) is 0.643. The third-order valence-electron chi connectivity index (χ3n) is 12.1. The van der Waals surface area contributed by atoms with E-state index in [1.165, 1.54) is 4.90 Å². The fourth-order valence-corrected chi connectivity index (χ4v) is 9.43. The zero-order valence-corrected chi connectivity index (χ0v) is 36.0. The van der Waals surface area contributed by atoms with Crippen molar-refractivity contribution in [3.05, 3.63) is 36.5 Å². The van der Waals surface area contributed by atoms with E-state index < -0.39 is 73.8 Å². The molecule has 3 N–H and O–H groups in total. The van der Waals surface area contributed by atoms with Crippen LogP contribution in [0.5, 0.6) is 11.6 Å². The molecular weight excluding hydrogens is 765 g/mol. The molecule has 0 radical (unpaired) electrons. The number of benzene rings is 1. The molecule has 6 rings (SSSR count). The van der Waals surface area contributed by atoms with Crippen molar-refractivity contribution in [3.8, 4) is 11.6 Å². The van der Waals surface area contributed by atoms with Crippen molar-refractivity contribution < 1.29 is 41.8 Å². The van der Waals surface area contributed by atoms with E-state index in [-0.39, 0.29) is 37.1 Å². The van der Waals surface area contributed by atoms with E-state index in [1.807, 2.05) is 56.3 Å². The highest BCUT2D eigenvalue weighted by Gasteiger charge is 2.63. The topological polar surface area (TPSA) is 186 Å². The van der Waals surface area contributed by atoms with Gasteiger partial charge < -0.3 is 34.6 Å². The van der Waals surface area contributed by atoms with E-state index in [0.29, 0.717) is 43.2 Å². The molecule has 1 aromatic heterocycles. The van der Waals surface area contributed by atoms with Gasteiger partial charge in [-0.05, 0) is 96.3 Å². The number of allylic oxidation sites excluding steroid dienone is 1. The summed E-state index contributed by atoms with van der Waals surface area (Å²) in [5.74, 6) is -1.68. The number of sulfonamides is 1. The highest BCUT2D eigenvalue weighted by Crippen LogP contribution is 2.48. The van der Waals surface area contributed by atoms with E-state index in [2.05, 4.69) is 27.3 Å². The Labute approximate surface area is 342 Å². The molecule has 7 atom stereocenters. The van der Waals surface area contributed by atoms with Crippen LogP contribution < -0.4 is 29.7 Å². The van der Waals surface area contributed by atoms with Crippen LogP contribution in [0.25, 0.3) is 10.8 Å². The van der Waals surface area contributed by atoms with Crippen LogP contribution in [0.3, 0.4) is 0 Å². The van der Waals surface area contributed by atoms with Gasteiger partial charge in [-0.25, -0.2) is 18.2 Å². The predicted octanol–water partition coefficient (Wildman–Crippen LogP) is 4.83. The third kappa shape index (κ3) is 9.01. The van der Waals surface area contributed by atoms with Gasteiger partial charge >= 0.3 is 6.09 Å². The minimum absolute atomic E-state index is 0.0312. The van der Waals surface area contributed by atoms with Crippen LogP contribution in [0, 0.1) is 17.8 Å². The summed E-state index contributed by atoms with van der Waals surface area (Å²) in [7, 11) is 1.42. The Morgan fingerprint density at radius 3 is 2.48 bits per heavy atom. The maximum Gasteiger partial charge on any atom is 0.408 e. The van der Waals surface area contributed by atoms with E-state index in [0.717, 1.165) is 17.5 Å². The predicted molar refractivity (Wildman–Crippen MR) is 220 cm³/mol. The van der Waals surface area contributed by atoms with Gasteiger partial charge in [0.15, 0.2) is 0 Å². The quantitative estimate of drug-likeness (QED) is 0.295. The second-order valence-electron chi connectivity index (χ2n) is 18.0. The molecule has 1 aromatic carbocycles. The molecule has 318 valence electrons. The molecule has 2 aromatic rings. The number of anilines is 1. The second-order valence-corrected chi connectivity index (χ2v) is 20.2. The molecule has 4 amide bonds. The van der Waals surface area contributed by atoms with Gasteiger partial charge in [-0.2, -0.15) is 0 Å². The monoisotopic (exact) mass is 824 g/mol. The van der Waals surface area contributed by atoms with Gasteiger partial charge in [0.1, 0.15) is 35.1 Å². The maximum atomic E-state index is 15.0. The first kappa shape index (κ1) is 43.0. The summed E-state index contributed by atoms with van der Waals surface area (Å²) in [6.45, 7) is 10.9. The van der Waals surface area contributed by atoms with Crippen LogP contribution in [0.2, 0.25) is 0 Å². The van der Waals surface area contributed by atoms with Gasteiger partial charge in [-0.1, -0.05) is 32.4 Å². The van der Waals surface area contributed by atoms with Crippen molar-refractivity contribution in [1.82, 2.24) is 25.2 Å². The van der Waals surface area contributed by atoms with Gasteiger partial charge in [0.05, 0.1) is 24.6 Å². The molecule has 2 saturated carbocycles. The number of aromatic nitrogens is 1. The largest absolute Gasteiger partial charge is 0.494 e. The lowest BCUT2D eigenvalue weighted by molar-refractivity contribution is -0.142. The summed E-state index contributed by atoms with van der Waals surface area (Å²) in [4.78, 5) is 65.0. The average molecular weight is 825 g/mol. The van der Waals surface area contributed by atoms with Crippen LogP contribution in [0.4, 0.5) is 10.5 Å². The van der Waals surface area contributed by atoms with Gasteiger partial charge in [0.2, 0.25) is 27.7 Å². The molecule has 58 heavy (non-hydrogen) atoms. The molecule has 4 aliphatic rings. The first-order valence-electron chi connectivity index (χ1n) is 20.4. The van der Waals surface area contributed by atoms with Crippen molar-refractivity contribution in [2.45, 2.75) is 127 Å². The zero-order valence-electron chi connectivity index (χ0n) is 35.2. The van der Waals surface area contributed by atoms with Crippen molar-refractivity contribution in [3.63, 3.8) is 0 Å². The number of alkyl carbamates (subject to hydrolysis) is 1. The molecule has 0 spiro atoms. The fourth-order valence-electron chi connectivity index (χ4n) is 8.12. The van der Waals surface area contributed by atoms with Gasteiger partial charge in [-0.15, -0.1) is 0 Å². The number of hydrogen-bond acceptors (Lipinski definition) is 11. The average Bonchev–Trinajstić information content (AvgIpc) is 4.03. The lowest BCUT2D eigenvalue weighted by Crippen LogP contribution is -2.59. The molecule has 3 heterocycles. The Morgan fingerprint density at radius 1 is 1.12 bits per heavy atom. The Balaban J connectivity index is 1.38. The third-order valence-corrected chi connectivity index (χ3v) is 14.3. The summed E-state index contributed by atoms with van der Waals surface area (Å²) in [5.41, 5.74) is -1.43. The van der Waals surface area contributed by atoms with E-state index in [9.17, 15) is 22.8 Å². The summed E-state index contributed by atoms with van der Waals surface area (Å²) >= 11 is 0.